The number of benzene rings is 1. The number of carbonyl (C=O) groups excluding carboxylic acids is 1. The van der Waals surface area contributed by atoms with Crippen molar-refractivity contribution in [3.8, 4) is 0 Å². The Morgan fingerprint density at radius 1 is 1.40 bits per heavy atom. The Kier molecular flexibility index (Phi) is 3.88. The number of hydrogen-bond acceptors (Lipinski definition) is 3. The Labute approximate surface area is 117 Å². The summed E-state index contributed by atoms with van der Waals surface area (Å²) in [7, 11) is 1.73. The molecule has 0 aliphatic heterocycles. The van der Waals surface area contributed by atoms with Gasteiger partial charge in [0.2, 0.25) is 5.43 Å². The molecule has 0 unspecified atom stereocenters. The molecule has 0 fully saturated rings. The molecule has 0 saturated carbocycles. The molecule has 0 spiro atoms. The molecule has 0 radical (unpaired) electrons. The highest BCUT2D eigenvalue weighted by Gasteiger charge is 2.16. The van der Waals surface area contributed by atoms with Crippen molar-refractivity contribution in [3.05, 3.63) is 39.7 Å². The first-order valence-corrected chi connectivity index (χ1v) is 6.66. The predicted molar refractivity (Wildman–Crippen MR) is 78.9 cm³/mol. The van der Waals surface area contributed by atoms with Crippen LogP contribution in [0.4, 0.5) is 0 Å². The second-order valence-electron chi connectivity index (χ2n) is 5.43. The molecular formula is C15H19N3O2. The number of rotatable bonds is 3. The van der Waals surface area contributed by atoms with Gasteiger partial charge < -0.3 is 5.32 Å². The van der Waals surface area contributed by atoms with Crippen LogP contribution in [0.3, 0.4) is 0 Å². The number of fused-ring (bicyclic) bond motifs is 1. The van der Waals surface area contributed by atoms with Crippen molar-refractivity contribution in [2.24, 2.45) is 13.0 Å². The highest BCUT2D eigenvalue weighted by molar-refractivity contribution is 5.95. The minimum absolute atomic E-state index is 0.0498. The third-order valence-electron chi connectivity index (χ3n) is 3.10. The average Bonchev–Trinajstić information content (AvgIpc) is 2.40. The molecular weight excluding hydrogens is 254 g/mol. The zero-order chi connectivity index (χ0) is 14.9. The molecule has 1 amide bonds. The Balaban J connectivity index is 2.52. The van der Waals surface area contributed by atoms with Crippen molar-refractivity contribution >= 4 is 16.8 Å². The SMILES string of the molecule is Cc1ccc2c(c1)c(=O)c(C(=O)NCC(C)C)nn2C. The summed E-state index contributed by atoms with van der Waals surface area (Å²) in [6, 6.07) is 5.55. The minimum Gasteiger partial charge on any atom is -0.350 e. The van der Waals surface area contributed by atoms with Crippen molar-refractivity contribution in [2.45, 2.75) is 20.8 Å². The topological polar surface area (TPSA) is 64.0 Å². The van der Waals surface area contributed by atoms with Crippen LogP contribution in [0.5, 0.6) is 0 Å². The maximum absolute atomic E-state index is 12.4. The molecule has 106 valence electrons. The Hall–Kier alpha value is -2.17. The number of nitrogens with zero attached hydrogens (tertiary/aromatic N) is 2. The van der Waals surface area contributed by atoms with Gasteiger partial charge in [-0.2, -0.15) is 5.10 Å². The summed E-state index contributed by atoms with van der Waals surface area (Å²) in [6.45, 7) is 6.43. The smallest absolute Gasteiger partial charge is 0.275 e. The predicted octanol–water partition coefficient (Wildman–Crippen LogP) is 1.63. The van der Waals surface area contributed by atoms with Crippen molar-refractivity contribution in [3.63, 3.8) is 0 Å². The highest BCUT2D eigenvalue weighted by atomic mass is 16.2. The highest BCUT2D eigenvalue weighted by Crippen LogP contribution is 2.11. The molecule has 5 nitrogen and oxygen atoms in total. The number of aromatic nitrogens is 2. The summed E-state index contributed by atoms with van der Waals surface area (Å²) in [5, 5.41) is 7.36. The minimum atomic E-state index is -0.414. The molecule has 0 aliphatic carbocycles. The quantitative estimate of drug-likeness (QED) is 0.924. The van der Waals surface area contributed by atoms with Gasteiger partial charge in [0.15, 0.2) is 5.69 Å². The van der Waals surface area contributed by atoms with Crippen LogP contribution in [-0.4, -0.2) is 22.2 Å². The van der Waals surface area contributed by atoms with E-state index in [1.54, 1.807) is 17.8 Å². The molecule has 0 atom stereocenters. The van der Waals surface area contributed by atoms with E-state index in [0.29, 0.717) is 17.8 Å². The lowest BCUT2D eigenvalue weighted by atomic mass is 10.1. The zero-order valence-corrected chi connectivity index (χ0v) is 12.2. The maximum Gasteiger partial charge on any atom is 0.275 e. The second-order valence-corrected chi connectivity index (χ2v) is 5.43. The van der Waals surface area contributed by atoms with Crippen molar-refractivity contribution < 1.29 is 4.79 Å². The van der Waals surface area contributed by atoms with Crippen LogP contribution >= 0.6 is 0 Å². The van der Waals surface area contributed by atoms with E-state index in [1.807, 2.05) is 32.9 Å². The number of nitrogens with one attached hydrogen (secondary N) is 1. The summed E-state index contributed by atoms with van der Waals surface area (Å²) in [4.78, 5) is 24.4. The van der Waals surface area contributed by atoms with Gasteiger partial charge in [0, 0.05) is 13.6 Å². The molecule has 0 saturated heterocycles. The van der Waals surface area contributed by atoms with Gasteiger partial charge in [-0.1, -0.05) is 25.5 Å². The molecule has 1 N–H and O–H groups in total. The van der Waals surface area contributed by atoms with Crippen LogP contribution in [0, 0.1) is 12.8 Å². The Morgan fingerprint density at radius 3 is 2.75 bits per heavy atom. The van der Waals surface area contributed by atoms with Gasteiger partial charge >= 0.3 is 0 Å². The summed E-state index contributed by atoms with van der Waals surface area (Å²) in [6.07, 6.45) is 0. The van der Waals surface area contributed by atoms with E-state index in [9.17, 15) is 9.59 Å². The third kappa shape index (κ3) is 2.71. The van der Waals surface area contributed by atoms with Crippen LogP contribution in [0.15, 0.2) is 23.0 Å². The fourth-order valence-electron chi connectivity index (χ4n) is 2.02. The molecule has 20 heavy (non-hydrogen) atoms. The molecule has 0 bridgehead atoms. The first kappa shape index (κ1) is 14.2. The molecule has 1 aromatic heterocycles. The van der Waals surface area contributed by atoms with Gasteiger partial charge in [0.05, 0.1) is 10.9 Å². The van der Waals surface area contributed by atoms with Crippen molar-refractivity contribution in [1.29, 1.82) is 0 Å². The Bertz CT molecular complexity index is 717. The third-order valence-corrected chi connectivity index (χ3v) is 3.10. The van der Waals surface area contributed by atoms with Gasteiger partial charge in [-0.25, -0.2) is 0 Å². The normalized spacial score (nSPS) is 11.1. The van der Waals surface area contributed by atoms with Gasteiger partial charge in [-0.05, 0) is 25.0 Å². The van der Waals surface area contributed by atoms with Crippen molar-refractivity contribution in [2.75, 3.05) is 6.54 Å². The summed E-state index contributed by atoms with van der Waals surface area (Å²) in [5.41, 5.74) is 1.34. The first-order valence-electron chi connectivity index (χ1n) is 6.66. The van der Waals surface area contributed by atoms with Gasteiger partial charge in [0.1, 0.15) is 0 Å². The van der Waals surface area contributed by atoms with Crippen LogP contribution < -0.4 is 10.7 Å². The van der Waals surface area contributed by atoms with E-state index in [2.05, 4.69) is 10.4 Å². The van der Waals surface area contributed by atoms with Gasteiger partial charge in [-0.3, -0.25) is 14.3 Å². The number of carbonyl (C=O) groups is 1. The standard InChI is InChI=1S/C15H19N3O2/c1-9(2)8-16-15(20)13-14(19)11-7-10(3)5-6-12(11)18(4)17-13/h5-7,9H,8H2,1-4H3,(H,16,20). The molecule has 2 rings (SSSR count). The lowest BCUT2D eigenvalue weighted by Crippen LogP contribution is -2.33. The molecule has 1 heterocycles. The van der Waals surface area contributed by atoms with E-state index in [-0.39, 0.29) is 11.1 Å². The van der Waals surface area contributed by atoms with Crippen LogP contribution in [-0.2, 0) is 7.05 Å². The second kappa shape index (κ2) is 5.45. The number of hydrogen-bond donors (Lipinski definition) is 1. The van der Waals surface area contributed by atoms with Crippen LogP contribution in [0.25, 0.3) is 10.9 Å². The maximum atomic E-state index is 12.4. The zero-order valence-electron chi connectivity index (χ0n) is 12.2. The average molecular weight is 273 g/mol. The molecule has 1 aromatic carbocycles. The van der Waals surface area contributed by atoms with Gasteiger partial charge in [-0.15, -0.1) is 0 Å². The first-order chi connectivity index (χ1) is 9.40. The molecule has 2 aromatic rings. The van der Waals surface area contributed by atoms with Crippen LogP contribution in [0.1, 0.15) is 29.9 Å². The fraction of sp³-hybridized carbons (Fsp3) is 0.400. The largest absolute Gasteiger partial charge is 0.350 e. The lowest BCUT2D eigenvalue weighted by Gasteiger charge is -2.10. The van der Waals surface area contributed by atoms with Gasteiger partial charge in [0.25, 0.3) is 5.91 Å². The van der Waals surface area contributed by atoms with Crippen LogP contribution in [0.2, 0.25) is 0 Å². The van der Waals surface area contributed by atoms with E-state index < -0.39 is 5.91 Å². The molecule has 0 aliphatic rings. The van der Waals surface area contributed by atoms with E-state index >= 15 is 0 Å². The van der Waals surface area contributed by atoms with E-state index in [4.69, 9.17) is 0 Å². The lowest BCUT2D eigenvalue weighted by molar-refractivity contribution is 0.0941. The summed E-state index contributed by atoms with van der Waals surface area (Å²) < 4.78 is 1.57. The summed E-state index contributed by atoms with van der Waals surface area (Å²) >= 11 is 0. The number of aryl methyl sites for hydroxylation is 2. The van der Waals surface area contributed by atoms with E-state index in [0.717, 1.165) is 11.1 Å². The van der Waals surface area contributed by atoms with E-state index in [1.165, 1.54) is 0 Å². The number of amides is 1. The monoisotopic (exact) mass is 273 g/mol. The van der Waals surface area contributed by atoms with Crippen molar-refractivity contribution in [1.82, 2.24) is 15.1 Å². The fourth-order valence-corrected chi connectivity index (χ4v) is 2.02. The summed E-state index contributed by atoms with van der Waals surface area (Å²) in [5.74, 6) is -0.0896. The Morgan fingerprint density at radius 2 is 2.10 bits per heavy atom. The molecule has 5 heteroatoms.